The predicted molar refractivity (Wildman–Crippen MR) is 102 cm³/mol. The molecule has 1 amide bonds. The van der Waals surface area contributed by atoms with Gasteiger partial charge in [-0.05, 0) is 41.3 Å². The zero-order valence-electron chi connectivity index (χ0n) is 15.9. The first-order valence-corrected chi connectivity index (χ1v) is 9.19. The Morgan fingerprint density at radius 2 is 1.93 bits per heavy atom. The zero-order chi connectivity index (χ0) is 20.8. The third-order valence-corrected chi connectivity index (χ3v) is 5.32. The van der Waals surface area contributed by atoms with E-state index in [1.807, 2.05) is 36.7 Å². The largest absolute Gasteiger partial charge is 0.416 e. The molecule has 2 aromatic carbocycles. The molecule has 1 aliphatic rings. The van der Waals surface area contributed by atoms with Crippen LogP contribution in [0, 0.1) is 0 Å². The molecule has 0 N–H and O–H groups in total. The van der Waals surface area contributed by atoms with Gasteiger partial charge >= 0.3 is 6.18 Å². The zero-order valence-corrected chi connectivity index (χ0v) is 15.9. The lowest BCUT2D eigenvalue weighted by Gasteiger charge is -2.19. The molecule has 0 spiro atoms. The summed E-state index contributed by atoms with van der Waals surface area (Å²) in [4.78, 5) is 14.2. The highest BCUT2D eigenvalue weighted by atomic mass is 19.4. The van der Waals surface area contributed by atoms with Crippen molar-refractivity contribution in [3.63, 3.8) is 0 Å². The summed E-state index contributed by atoms with van der Waals surface area (Å²) in [6, 6.07) is 11.1. The first kappa shape index (κ1) is 19.2. The number of carbonyl (C=O) groups is 1. The third kappa shape index (κ3) is 3.50. The van der Waals surface area contributed by atoms with E-state index in [2.05, 4.69) is 10.2 Å². The van der Waals surface area contributed by atoms with E-state index in [4.69, 9.17) is 0 Å². The lowest BCUT2D eigenvalue weighted by Crippen LogP contribution is -2.23. The molecule has 1 unspecified atom stereocenters. The van der Waals surface area contributed by atoms with Crippen LogP contribution >= 0.6 is 0 Å². The van der Waals surface area contributed by atoms with Crippen molar-refractivity contribution in [2.75, 3.05) is 4.90 Å². The first-order valence-electron chi connectivity index (χ1n) is 9.19. The number of amides is 1. The van der Waals surface area contributed by atoms with Crippen molar-refractivity contribution in [1.29, 1.82) is 0 Å². The van der Waals surface area contributed by atoms with Gasteiger partial charge in [0.05, 0.1) is 12.1 Å². The number of fused-ring (bicyclic) bond motifs is 1. The topological polar surface area (TPSA) is 51.0 Å². The van der Waals surface area contributed by atoms with E-state index < -0.39 is 17.6 Å². The van der Waals surface area contributed by atoms with Gasteiger partial charge in [0.15, 0.2) is 0 Å². The van der Waals surface area contributed by atoms with Gasteiger partial charge in [0.1, 0.15) is 12.2 Å². The third-order valence-electron chi connectivity index (χ3n) is 5.32. The van der Waals surface area contributed by atoms with Gasteiger partial charge in [-0.3, -0.25) is 4.79 Å². The molecule has 0 bridgehead atoms. The monoisotopic (exact) mass is 400 g/mol. The van der Waals surface area contributed by atoms with Gasteiger partial charge in [-0.25, -0.2) is 0 Å². The molecule has 3 aromatic rings. The second-order valence-electron chi connectivity index (χ2n) is 7.28. The van der Waals surface area contributed by atoms with Gasteiger partial charge in [0.2, 0.25) is 0 Å². The number of aryl methyl sites for hydroxylation is 1. The molecule has 0 fully saturated rings. The van der Waals surface area contributed by atoms with Crippen LogP contribution in [0.25, 0.3) is 0 Å². The van der Waals surface area contributed by atoms with Crippen molar-refractivity contribution in [2.24, 2.45) is 7.05 Å². The fourth-order valence-corrected chi connectivity index (χ4v) is 3.69. The van der Waals surface area contributed by atoms with Crippen molar-refractivity contribution in [1.82, 2.24) is 14.8 Å². The summed E-state index contributed by atoms with van der Waals surface area (Å²) < 4.78 is 41.9. The molecule has 2 heterocycles. The Bertz CT molecular complexity index is 1070. The van der Waals surface area contributed by atoms with E-state index in [0.29, 0.717) is 12.1 Å². The predicted octanol–water partition coefficient (Wildman–Crippen LogP) is 4.34. The van der Waals surface area contributed by atoms with E-state index >= 15 is 0 Å². The van der Waals surface area contributed by atoms with Crippen molar-refractivity contribution in [3.8, 4) is 0 Å². The molecule has 0 saturated heterocycles. The van der Waals surface area contributed by atoms with Gasteiger partial charge < -0.3 is 9.47 Å². The van der Waals surface area contributed by atoms with Crippen LogP contribution in [0.4, 0.5) is 18.9 Å². The maximum Gasteiger partial charge on any atom is 0.416 e. The van der Waals surface area contributed by atoms with Crippen LogP contribution in [0.1, 0.15) is 45.7 Å². The summed E-state index contributed by atoms with van der Waals surface area (Å²) >= 11 is 0. The van der Waals surface area contributed by atoms with Crippen LogP contribution in [-0.4, -0.2) is 20.7 Å². The van der Waals surface area contributed by atoms with E-state index in [0.717, 1.165) is 17.5 Å². The molecular formula is C21H19F3N4O. The normalized spacial score (nSPS) is 14.9. The van der Waals surface area contributed by atoms with Crippen molar-refractivity contribution < 1.29 is 18.0 Å². The van der Waals surface area contributed by atoms with Crippen molar-refractivity contribution in [3.05, 3.63) is 76.9 Å². The van der Waals surface area contributed by atoms with E-state index in [-0.39, 0.29) is 23.6 Å². The summed E-state index contributed by atoms with van der Waals surface area (Å²) in [5.74, 6) is 0.523. The van der Waals surface area contributed by atoms with Gasteiger partial charge in [-0.2, -0.15) is 13.2 Å². The highest BCUT2D eigenvalue weighted by molar-refractivity contribution is 6.10. The Morgan fingerprint density at radius 1 is 1.17 bits per heavy atom. The highest BCUT2D eigenvalue weighted by Gasteiger charge is 2.39. The second kappa shape index (κ2) is 7.02. The summed E-state index contributed by atoms with van der Waals surface area (Å²) in [5, 5.41) is 7.97. The molecule has 29 heavy (non-hydrogen) atoms. The van der Waals surface area contributed by atoms with Crippen LogP contribution in [-0.2, 0) is 26.2 Å². The molecule has 1 atom stereocenters. The van der Waals surface area contributed by atoms with Crippen LogP contribution in [0.2, 0.25) is 0 Å². The Labute approximate surface area is 165 Å². The molecule has 0 aliphatic carbocycles. The summed E-state index contributed by atoms with van der Waals surface area (Å²) in [6.45, 7) is 1.95. The Balaban J connectivity index is 1.62. The molecule has 4 rings (SSSR count). The highest BCUT2D eigenvalue weighted by Crippen LogP contribution is 2.38. The smallest absolute Gasteiger partial charge is 0.321 e. The number of benzene rings is 2. The minimum Gasteiger partial charge on any atom is -0.321 e. The summed E-state index contributed by atoms with van der Waals surface area (Å²) in [6.07, 6.45) is -2.20. The van der Waals surface area contributed by atoms with Gasteiger partial charge in [0.25, 0.3) is 5.91 Å². The number of rotatable bonds is 4. The van der Waals surface area contributed by atoms with Crippen LogP contribution in [0.15, 0.2) is 48.8 Å². The molecule has 0 radical (unpaired) electrons. The number of alkyl halides is 3. The Morgan fingerprint density at radius 3 is 2.62 bits per heavy atom. The minimum absolute atomic E-state index is 0.0301. The lowest BCUT2D eigenvalue weighted by atomic mass is 9.97. The number of hydrogen-bond acceptors (Lipinski definition) is 3. The number of carbonyl (C=O) groups excluding carboxylic acids is 1. The number of halogens is 3. The maximum absolute atomic E-state index is 13.3. The number of anilines is 1. The van der Waals surface area contributed by atoms with E-state index in [1.54, 1.807) is 12.4 Å². The standard InChI is InChI=1S/C21H19F3N4O/c1-13(9-19-26-25-12-27(19)2)14-5-3-6-15(10-14)28-11-17-16(20(28)29)7-4-8-18(17)21(22,23)24/h3-8,10,12-13H,9,11H2,1-2H3. The van der Waals surface area contributed by atoms with E-state index in [9.17, 15) is 18.0 Å². The number of aromatic nitrogens is 3. The molecular weight excluding hydrogens is 381 g/mol. The molecule has 1 aliphatic heterocycles. The van der Waals surface area contributed by atoms with E-state index in [1.165, 1.54) is 17.0 Å². The minimum atomic E-state index is -4.49. The fourth-order valence-electron chi connectivity index (χ4n) is 3.69. The second-order valence-corrected chi connectivity index (χ2v) is 7.28. The van der Waals surface area contributed by atoms with Crippen molar-refractivity contribution in [2.45, 2.75) is 32.0 Å². The van der Waals surface area contributed by atoms with Crippen molar-refractivity contribution >= 4 is 11.6 Å². The number of nitrogens with zero attached hydrogens (tertiary/aromatic N) is 4. The fraction of sp³-hybridized carbons (Fsp3) is 0.286. The lowest BCUT2D eigenvalue weighted by molar-refractivity contribution is -0.138. The average Bonchev–Trinajstić information content (AvgIpc) is 3.24. The maximum atomic E-state index is 13.3. The summed E-state index contributed by atoms with van der Waals surface area (Å²) in [7, 11) is 1.87. The molecule has 1 aromatic heterocycles. The van der Waals surface area contributed by atoms with Gasteiger partial charge in [0, 0.05) is 24.7 Å². The summed E-state index contributed by atoms with van der Waals surface area (Å²) in [5.41, 5.74) is 0.949. The number of hydrogen-bond donors (Lipinski definition) is 0. The van der Waals surface area contributed by atoms with Crippen LogP contribution in [0.5, 0.6) is 0 Å². The van der Waals surface area contributed by atoms with Gasteiger partial charge in [-0.1, -0.05) is 25.1 Å². The quantitative estimate of drug-likeness (QED) is 0.655. The Hall–Kier alpha value is -3.16. The van der Waals surface area contributed by atoms with Crippen LogP contribution in [0.3, 0.4) is 0 Å². The van der Waals surface area contributed by atoms with Crippen LogP contribution < -0.4 is 4.90 Å². The molecule has 8 heteroatoms. The molecule has 5 nitrogen and oxygen atoms in total. The van der Waals surface area contributed by atoms with Gasteiger partial charge in [-0.15, -0.1) is 10.2 Å². The Kier molecular flexibility index (Phi) is 4.64. The molecule has 0 saturated carbocycles. The average molecular weight is 400 g/mol. The SMILES string of the molecule is CC(Cc1nncn1C)c1cccc(N2Cc3c(cccc3C(F)(F)F)C2=O)c1. The first-order chi connectivity index (χ1) is 13.8. The molecule has 150 valence electrons.